The van der Waals surface area contributed by atoms with Gasteiger partial charge in [0.15, 0.2) is 0 Å². The van der Waals surface area contributed by atoms with Crippen LogP contribution in [0.15, 0.2) is 53.9 Å². The number of benzene rings is 2. The van der Waals surface area contributed by atoms with Crippen molar-refractivity contribution in [2.24, 2.45) is 0 Å². The fourth-order valence-corrected chi connectivity index (χ4v) is 3.92. The number of rotatable bonds is 8. The van der Waals surface area contributed by atoms with Crippen LogP contribution in [0.25, 0.3) is 0 Å². The van der Waals surface area contributed by atoms with Crippen molar-refractivity contribution in [1.29, 1.82) is 0 Å². The Balaban J connectivity index is 2.07. The van der Waals surface area contributed by atoms with Gasteiger partial charge >= 0.3 is 0 Å². The molecule has 9 nitrogen and oxygen atoms in total. The lowest BCUT2D eigenvalue weighted by Gasteiger charge is -2.24. The fraction of sp³-hybridized carbons (Fsp3) is 0.190. The Morgan fingerprint density at radius 1 is 1.06 bits per heavy atom. The van der Waals surface area contributed by atoms with Gasteiger partial charge in [0.25, 0.3) is 17.3 Å². The van der Waals surface area contributed by atoms with E-state index in [4.69, 9.17) is 4.74 Å². The smallest absolute Gasteiger partial charge is 0.279 e. The van der Waals surface area contributed by atoms with Crippen molar-refractivity contribution in [3.05, 3.63) is 95.7 Å². The van der Waals surface area contributed by atoms with Crippen LogP contribution in [0.3, 0.4) is 0 Å². The highest BCUT2D eigenvalue weighted by molar-refractivity contribution is 7.09. The number of nitro benzene ring substituents is 2. The molecule has 3 aromatic rings. The molecule has 1 amide bonds. The number of hydrogen-bond acceptors (Lipinski definition) is 7. The second kappa shape index (κ2) is 9.35. The molecule has 0 unspecified atom stereocenters. The standard InChI is InChI=1S/C21H19N3O6S/c1-14-18(10-16(23(26)27)11-19(14)24(28)29)21(25)22(13-17-7-5-9-31-17)12-15-6-3-4-8-20(15)30-2/h3-11H,12-13H2,1-2H3. The van der Waals surface area contributed by atoms with Gasteiger partial charge in [-0.25, -0.2) is 0 Å². The molecule has 0 N–H and O–H groups in total. The number of amides is 1. The predicted octanol–water partition coefficient (Wildman–Crippen LogP) is 4.72. The largest absolute Gasteiger partial charge is 0.496 e. The first-order valence-corrected chi connectivity index (χ1v) is 10.1. The molecule has 0 saturated carbocycles. The molecular formula is C21H19N3O6S. The second-order valence-corrected chi connectivity index (χ2v) is 7.74. The molecule has 0 aliphatic rings. The van der Waals surface area contributed by atoms with Gasteiger partial charge in [0.2, 0.25) is 0 Å². The van der Waals surface area contributed by atoms with Crippen LogP contribution < -0.4 is 4.74 Å². The molecular weight excluding hydrogens is 422 g/mol. The summed E-state index contributed by atoms with van der Waals surface area (Å²) in [5, 5.41) is 24.6. The van der Waals surface area contributed by atoms with E-state index in [1.807, 2.05) is 35.7 Å². The van der Waals surface area contributed by atoms with Crippen LogP contribution in [0.1, 0.15) is 26.4 Å². The topological polar surface area (TPSA) is 116 Å². The van der Waals surface area contributed by atoms with Crippen LogP contribution in [0, 0.1) is 27.2 Å². The number of hydrogen-bond donors (Lipinski definition) is 0. The van der Waals surface area contributed by atoms with E-state index in [-0.39, 0.29) is 24.2 Å². The van der Waals surface area contributed by atoms with Gasteiger partial charge in [-0.2, -0.15) is 0 Å². The molecule has 1 aromatic heterocycles. The van der Waals surface area contributed by atoms with Crippen molar-refractivity contribution in [2.45, 2.75) is 20.0 Å². The molecule has 0 aliphatic carbocycles. The van der Waals surface area contributed by atoms with Crippen LogP contribution in [0.5, 0.6) is 5.75 Å². The highest BCUT2D eigenvalue weighted by Crippen LogP contribution is 2.30. The summed E-state index contributed by atoms with van der Waals surface area (Å²) in [6.07, 6.45) is 0. The minimum Gasteiger partial charge on any atom is -0.496 e. The maximum absolute atomic E-state index is 13.5. The van der Waals surface area contributed by atoms with Crippen molar-refractivity contribution < 1.29 is 19.4 Å². The first kappa shape index (κ1) is 21.9. The van der Waals surface area contributed by atoms with E-state index in [1.54, 1.807) is 6.07 Å². The molecule has 160 valence electrons. The van der Waals surface area contributed by atoms with Gasteiger partial charge < -0.3 is 9.64 Å². The van der Waals surface area contributed by atoms with Crippen LogP contribution in [0.4, 0.5) is 11.4 Å². The summed E-state index contributed by atoms with van der Waals surface area (Å²) in [5.41, 5.74) is -0.225. The van der Waals surface area contributed by atoms with Gasteiger partial charge in [-0.05, 0) is 24.4 Å². The highest BCUT2D eigenvalue weighted by Gasteiger charge is 2.28. The normalized spacial score (nSPS) is 10.5. The zero-order valence-electron chi connectivity index (χ0n) is 16.8. The molecule has 1 heterocycles. The van der Waals surface area contributed by atoms with Crippen molar-refractivity contribution >= 4 is 28.6 Å². The minimum absolute atomic E-state index is 0.0765. The average molecular weight is 441 g/mol. The Kier molecular flexibility index (Phi) is 6.61. The summed E-state index contributed by atoms with van der Waals surface area (Å²) in [7, 11) is 1.53. The van der Waals surface area contributed by atoms with Crippen molar-refractivity contribution in [2.75, 3.05) is 7.11 Å². The van der Waals surface area contributed by atoms with Crippen LogP contribution in [-0.2, 0) is 13.1 Å². The zero-order valence-corrected chi connectivity index (χ0v) is 17.6. The lowest BCUT2D eigenvalue weighted by atomic mass is 10.0. The summed E-state index contributed by atoms with van der Waals surface area (Å²) in [5.74, 6) is 0.0526. The van der Waals surface area contributed by atoms with Crippen molar-refractivity contribution in [3.63, 3.8) is 0 Å². The van der Waals surface area contributed by atoms with Gasteiger partial charge in [0.05, 0.1) is 41.7 Å². The molecule has 0 spiro atoms. The molecule has 0 aliphatic heterocycles. The van der Waals surface area contributed by atoms with Gasteiger partial charge in [0, 0.05) is 22.1 Å². The van der Waals surface area contributed by atoms with E-state index < -0.39 is 27.1 Å². The van der Waals surface area contributed by atoms with Gasteiger partial charge in [-0.1, -0.05) is 24.3 Å². The summed E-state index contributed by atoms with van der Waals surface area (Å²) < 4.78 is 5.38. The summed E-state index contributed by atoms with van der Waals surface area (Å²) in [4.78, 5) is 37.2. The number of ether oxygens (including phenoxy) is 1. The second-order valence-electron chi connectivity index (χ2n) is 6.70. The molecule has 0 fully saturated rings. The molecule has 2 aromatic carbocycles. The maximum Gasteiger partial charge on any atom is 0.279 e. The number of non-ortho nitro benzene ring substituents is 1. The third-order valence-electron chi connectivity index (χ3n) is 4.77. The molecule has 0 saturated heterocycles. The third-order valence-corrected chi connectivity index (χ3v) is 5.63. The molecule has 10 heteroatoms. The number of thiophene rings is 1. The average Bonchev–Trinajstić information content (AvgIpc) is 3.26. The Labute approximate surface area is 181 Å². The van der Waals surface area contributed by atoms with E-state index in [1.165, 1.54) is 30.3 Å². The summed E-state index contributed by atoms with van der Waals surface area (Å²) in [6, 6.07) is 12.9. The van der Waals surface area contributed by atoms with E-state index in [2.05, 4.69) is 0 Å². The SMILES string of the molecule is COc1ccccc1CN(Cc1cccs1)C(=O)c1cc([N+](=O)[O-])cc([N+](=O)[O-])c1C. The number of para-hydroxylation sites is 1. The first-order chi connectivity index (χ1) is 14.8. The molecule has 0 radical (unpaired) electrons. The lowest BCUT2D eigenvalue weighted by Crippen LogP contribution is -2.30. The van der Waals surface area contributed by atoms with E-state index in [0.29, 0.717) is 5.75 Å². The number of nitro groups is 2. The molecule has 0 bridgehead atoms. The van der Waals surface area contributed by atoms with Crippen LogP contribution in [-0.4, -0.2) is 27.8 Å². The van der Waals surface area contributed by atoms with Gasteiger partial charge in [0.1, 0.15) is 5.75 Å². The zero-order chi connectivity index (χ0) is 22.5. The molecule has 31 heavy (non-hydrogen) atoms. The third kappa shape index (κ3) is 4.86. The van der Waals surface area contributed by atoms with E-state index in [9.17, 15) is 25.0 Å². The molecule has 0 atom stereocenters. The van der Waals surface area contributed by atoms with Crippen LogP contribution >= 0.6 is 11.3 Å². The Hall–Kier alpha value is -3.79. The summed E-state index contributed by atoms with van der Waals surface area (Å²) in [6.45, 7) is 1.82. The summed E-state index contributed by atoms with van der Waals surface area (Å²) >= 11 is 1.46. The van der Waals surface area contributed by atoms with Gasteiger partial charge in [-0.15, -0.1) is 11.3 Å². The fourth-order valence-electron chi connectivity index (χ4n) is 3.20. The lowest BCUT2D eigenvalue weighted by molar-refractivity contribution is -0.394. The number of carbonyl (C=O) groups excluding carboxylic acids is 1. The monoisotopic (exact) mass is 441 g/mol. The first-order valence-electron chi connectivity index (χ1n) is 9.18. The highest BCUT2D eigenvalue weighted by atomic mass is 32.1. The Morgan fingerprint density at radius 3 is 2.42 bits per heavy atom. The van der Waals surface area contributed by atoms with E-state index in [0.717, 1.165) is 22.6 Å². The maximum atomic E-state index is 13.5. The van der Waals surface area contributed by atoms with E-state index >= 15 is 0 Å². The Bertz CT molecular complexity index is 1130. The molecule has 3 rings (SSSR count). The van der Waals surface area contributed by atoms with Crippen molar-refractivity contribution in [1.82, 2.24) is 4.90 Å². The quantitative estimate of drug-likeness (QED) is 0.369. The minimum atomic E-state index is -0.743. The predicted molar refractivity (Wildman–Crippen MR) is 115 cm³/mol. The number of methoxy groups -OCH3 is 1. The van der Waals surface area contributed by atoms with Crippen molar-refractivity contribution in [3.8, 4) is 5.75 Å². The number of carbonyl (C=O) groups is 1. The van der Waals surface area contributed by atoms with Crippen LogP contribution in [0.2, 0.25) is 0 Å². The number of nitrogens with zero attached hydrogens (tertiary/aromatic N) is 3. The Morgan fingerprint density at radius 2 is 1.81 bits per heavy atom. The van der Waals surface area contributed by atoms with Gasteiger partial charge in [-0.3, -0.25) is 25.0 Å².